The van der Waals surface area contributed by atoms with Gasteiger partial charge in [-0.2, -0.15) is 0 Å². The van der Waals surface area contributed by atoms with Crippen molar-refractivity contribution in [1.29, 1.82) is 0 Å². The van der Waals surface area contributed by atoms with Crippen LogP contribution in [0.3, 0.4) is 0 Å². The minimum absolute atomic E-state index is 0.0128. The van der Waals surface area contributed by atoms with Gasteiger partial charge in [0.05, 0.1) is 24.2 Å². The highest BCUT2D eigenvalue weighted by Gasteiger charge is 2.65. The fourth-order valence-electron chi connectivity index (χ4n) is 8.45. The number of carbonyl (C=O) groups excluding carboxylic acids is 1. The molecular formula is C25H39N3O5. The molecule has 4 fully saturated rings. The van der Waals surface area contributed by atoms with Crippen LogP contribution >= 0.6 is 0 Å². The Kier molecular flexibility index (Phi) is 6.49. The number of esters is 1. The zero-order chi connectivity index (χ0) is 24.0. The van der Waals surface area contributed by atoms with Crippen LogP contribution in [-0.2, 0) is 9.53 Å². The van der Waals surface area contributed by atoms with Crippen LogP contribution in [0, 0.1) is 46.3 Å². The van der Waals surface area contributed by atoms with Crippen molar-refractivity contribution in [1.82, 2.24) is 0 Å². The number of ether oxygens (including phenoxy) is 1. The van der Waals surface area contributed by atoms with Gasteiger partial charge in [-0.15, -0.1) is 0 Å². The van der Waals surface area contributed by atoms with Crippen molar-refractivity contribution < 1.29 is 25.2 Å². The van der Waals surface area contributed by atoms with E-state index in [1.807, 2.05) is 0 Å². The number of methoxy groups -OCH3 is 1. The highest BCUT2D eigenvalue weighted by molar-refractivity contribution is 5.97. The van der Waals surface area contributed by atoms with E-state index in [4.69, 9.17) is 4.74 Å². The Balaban J connectivity index is 1.67. The van der Waals surface area contributed by atoms with E-state index < -0.39 is 0 Å². The molecule has 0 spiro atoms. The maximum absolute atomic E-state index is 11.7. The van der Waals surface area contributed by atoms with Gasteiger partial charge in [-0.05, 0) is 86.4 Å². The molecule has 0 amide bonds. The van der Waals surface area contributed by atoms with Gasteiger partial charge in [0, 0.05) is 17.8 Å². The minimum atomic E-state index is -0.295. The molecule has 4 rings (SSSR count). The lowest BCUT2D eigenvalue weighted by molar-refractivity contribution is -0.141. The van der Waals surface area contributed by atoms with Crippen LogP contribution in [0.25, 0.3) is 0 Å². The van der Waals surface area contributed by atoms with Gasteiger partial charge in [0.2, 0.25) is 0 Å². The van der Waals surface area contributed by atoms with E-state index in [1.54, 1.807) is 0 Å². The number of fused-ring (bicyclic) bond motifs is 5. The first-order chi connectivity index (χ1) is 15.7. The van der Waals surface area contributed by atoms with Crippen molar-refractivity contribution in [3.8, 4) is 0 Å². The van der Waals surface area contributed by atoms with E-state index in [9.17, 15) is 20.4 Å². The van der Waals surface area contributed by atoms with Crippen LogP contribution in [0.4, 0.5) is 0 Å². The number of hydrogen-bond donors (Lipinski definition) is 3. The van der Waals surface area contributed by atoms with Gasteiger partial charge in [0.1, 0.15) is 0 Å². The fourth-order valence-corrected chi connectivity index (χ4v) is 8.45. The minimum Gasteiger partial charge on any atom is -0.469 e. The average Bonchev–Trinajstić information content (AvgIpc) is 3.18. The zero-order valence-electron chi connectivity index (χ0n) is 20.3. The van der Waals surface area contributed by atoms with Crippen molar-refractivity contribution in [2.75, 3.05) is 7.11 Å². The van der Waals surface area contributed by atoms with Gasteiger partial charge in [-0.3, -0.25) is 4.79 Å². The lowest BCUT2D eigenvalue weighted by Gasteiger charge is -2.60. The molecule has 184 valence electrons. The van der Waals surface area contributed by atoms with Crippen molar-refractivity contribution in [2.45, 2.75) is 78.6 Å². The number of carbonyl (C=O) groups is 1. The molecule has 8 nitrogen and oxygen atoms in total. The molecule has 0 aromatic heterocycles. The SMILES string of the molecule is COC(=O)CCC(C)[C@H]1CC[C@H]2C3/C(=N/O)C[C@H]4C/C(=N\O)CC[C@]4(C)[C@H]3C/C(=N\O)[C@]12C. The second-order valence-corrected chi connectivity index (χ2v) is 11.4. The van der Waals surface area contributed by atoms with Crippen LogP contribution in [0.15, 0.2) is 15.5 Å². The predicted molar refractivity (Wildman–Crippen MR) is 124 cm³/mol. The first-order valence-electron chi connectivity index (χ1n) is 12.4. The Morgan fingerprint density at radius 3 is 2.48 bits per heavy atom. The Labute approximate surface area is 196 Å². The third-order valence-corrected chi connectivity index (χ3v) is 10.4. The number of oxime groups is 3. The second-order valence-electron chi connectivity index (χ2n) is 11.4. The van der Waals surface area contributed by atoms with Crippen molar-refractivity contribution >= 4 is 23.1 Å². The lowest BCUT2D eigenvalue weighted by atomic mass is 9.43. The van der Waals surface area contributed by atoms with Gasteiger partial charge in [-0.1, -0.05) is 36.2 Å². The molecule has 4 saturated carbocycles. The third kappa shape index (κ3) is 3.64. The summed E-state index contributed by atoms with van der Waals surface area (Å²) in [5.41, 5.74) is 2.26. The van der Waals surface area contributed by atoms with Crippen LogP contribution in [0.1, 0.15) is 78.6 Å². The van der Waals surface area contributed by atoms with E-state index in [2.05, 4.69) is 36.2 Å². The molecule has 4 aliphatic carbocycles. The molecule has 8 heteroatoms. The standard InChI is InChI=1S/C25H39N3O5/c1-14(5-8-22(29)33-4)17-6-7-18-23-19(13-21(28-32)25(17,18)3)24(2)10-9-16(26-30)11-15(24)12-20(23)27-31/h14-15,17-19,23,30-32H,5-13H2,1-4H3/b26-16-,27-20+,28-21+/t14?,15-,17-,18+,19+,23?,24+,25-/m1/s1. The molecule has 0 bridgehead atoms. The van der Waals surface area contributed by atoms with Crippen LogP contribution < -0.4 is 0 Å². The summed E-state index contributed by atoms with van der Waals surface area (Å²) in [5, 5.41) is 40.9. The van der Waals surface area contributed by atoms with Crippen molar-refractivity contribution in [3.63, 3.8) is 0 Å². The first kappa shape index (κ1) is 24.0. The van der Waals surface area contributed by atoms with E-state index in [0.29, 0.717) is 25.2 Å². The summed E-state index contributed by atoms with van der Waals surface area (Å²) in [5.74, 6) is 1.27. The molecular weight excluding hydrogens is 422 g/mol. The Bertz CT molecular complexity index is 870. The van der Waals surface area contributed by atoms with Crippen LogP contribution in [0.5, 0.6) is 0 Å². The lowest BCUT2D eigenvalue weighted by Crippen LogP contribution is -2.60. The van der Waals surface area contributed by atoms with E-state index in [-0.39, 0.29) is 46.4 Å². The molecule has 0 heterocycles. The summed E-state index contributed by atoms with van der Waals surface area (Å²) in [6, 6.07) is 0. The van der Waals surface area contributed by atoms with E-state index in [0.717, 1.165) is 55.7 Å². The highest BCUT2D eigenvalue weighted by Crippen LogP contribution is 2.66. The summed E-state index contributed by atoms with van der Waals surface area (Å²) in [7, 11) is 1.42. The molecule has 33 heavy (non-hydrogen) atoms. The molecule has 0 radical (unpaired) electrons. The molecule has 0 saturated heterocycles. The number of rotatable bonds is 4. The normalized spacial score (nSPS) is 44.8. The fraction of sp³-hybridized carbons (Fsp3) is 0.840. The van der Waals surface area contributed by atoms with Gasteiger partial charge >= 0.3 is 5.97 Å². The van der Waals surface area contributed by atoms with Gasteiger partial charge in [0.15, 0.2) is 0 Å². The second kappa shape index (κ2) is 8.91. The van der Waals surface area contributed by atoms with Crippen molar-refractivity contribution in [3.05, 3.63) is 0 Å². The molecule has 0 aromatic rings. The molecule has 3 N–H and O–H groups in total. The van der Waals surface area contributed by atoms with E-state index in [1.165, 1.54) is 7.11 Å². The molecule has 4 aliphatic rings. The Hall–Kier alpha value is -2.12. The predicted octanol–water partition coefficient (Wildman–Crippen LogP) is 4.95. The molecule has 2 unspecified atom stereocenters. The van der Waals surface area contributed by atoms with Gasteiger partial charge in [-0.25, -0.2) is 0 Å². The Morgan fingerprint density at radius 2 is 1.85 bits per heavy atom. The number of nitrogens with zero attached hydrogens (tertiary/aromatic N) is 3. The largest absolute Gasteiger partial charge is 0.469 e. The maximum Gasteiger partial charge on any atom is 0.305 e. The summed E-state index contributed by atoms with van der Waals surface area (Å²) >= 11 is 0. The summed E-state index contributed by atoms with van der Waals surface area (Å²) in [4.78, 5) is 11.7. The summed E-state index contributed by atoms with van der Waals surface area (Å²) in [6.07, 6.45) is 6.97. The topological polar surface area (TPSA) is 124 Å². The average molecular weight is 462 g/mol. The van der Waals surface area contributed by atoms with Gasteiger partial charge in [0.25, 0.3) is 0 Å². The maximum atomic E-state index is 11.7. The third-order valence-electron chi connectivity index (χ3n) is 10.4. The Morgan fingerprint density at radius 1 is 1.09 bits per heavy atom. The molecule has 0 aliphatic heterocycles. The molecule has 8 atom stereocenters. The van der Waals surface area contributed by atoms with Crippen LogP contribution in [-0.4, -0.2) is 45.8 Å². The highest BCUT2D eigenvalue weighted by atomic mass is 16.5. The first-order valence-corrected chi connectivity index (χ1v) is 12.4. The van der Waals surface area contributed by atoms with Crippen LogP contribution in [0.2, 0.25) is 0 Å². The van der Waals surface area contributed by atoms with Gasteiger partial charge < -0.3 is 20.4 Å². The van der Waals surface area contributed by atoms with Crippen molar-refractivity contribution in [2.24, 2.45) is 61.8 Å². The summed E-state index contributed by atoms with van der Waals surface area (Å²) < 4.78 is 4.84. The quantitative estimate of drug-likeness (QED) is 0.311. The summed E-state index contributed by atoms with van der Waals surface area (Å²) in [6.45, 7) is 6.76. The van der Waals surface area contributed by atoms with E-state index >= 15 is 0 Å². The zero-order valence-corrected chi connectivity index (χ0v) is 20.3. The smallest absolute Gasteiger partial charge is 0.305 e. The monoisotopic (exact) mass is 461 g/mol. The molecule has 0 aromatic carbocycles. The number of hydrogen-bond acceptors (Lipinski definition) is 8.